The zero-order valence-electron chi connectivity index (χ0n) is 17.1. The third kappa shape index (κ3) is 2.59. The van der Waals surface area contributed by atoms with Gasteiger partial charge in [0.25, 0.3) is 5.56 Å². The topological polar surface area (TPSA) is 72.5 Å². The molecule has 0 atom stereocenters. The lowest BCUT2D eigenvalue weighted by Gasteiger charge is -2.39. The number of para-hydroxylation sites is 1. The Bertz CT molecular complexity index is 1020. The number of aromatic nitrogens is 2. The number of carbonyl (C=O) groups excluding carboxylic acids is 1. The lowest BCUT2D eigenvalue weighted by Crippen LogP contribution is -2.49. The van der Waals surface area contributed by atoms with Crippen molar-refractivity contribution in [2.45, 2.75) is 38.0 Å². The van der Waals surface area contributed by atoms with E-state index in [1.807, 2.05) is 31.0 Å². The SMILES string of the molecule is CCN1C(=O)C2(CCN(c3nc4c(c(=O)[nH]3)CCCN4C)CC2)c2ccccc21. The van der Waals surface area contributed by atoms with Crippen LogP contribution >= 0.6 is 0 Å². The molecule has 1 saturated heterocycles. The van der Waals surface area contributed by atoms with E-state index in [1.165, 1.54) is 0 Å². The maximum absolute atomic E-state index is 13.3. The predicted octanol–water partition coefficient (Wildman–Crippen LogP) is 2.06. The summed E-state index contributed by atoms with van der Waals surface area (Å²) in [5, 5.41) is 0. The summed E-state index contributed by atoms with van der Waals surface area (Å²) in [7, 11) is 1.99. The minimum Gasteiger partial charge on any atom is -0.359 e. The van der Waals surface area contributed by atoms with Gasteiger partial charge in [-0.2, -0.15) is 4.98 Å². The van der Waals surface area contributed by atoms with Crippen molar-refractivity contribution in [1.82, 2.24) is 9.97 Å². The molecule has 0 radical (unpaired) electrons. The molecule has 7 nitrogen and oxygen atoms in total. The van der Waals surface area contributed by atoms with Crippen LogP contribution in [0.25, 0.3) is 0 Å². The Morgan fingerprint density at radius 2 is 1.90 bits per heavy atom. The van der Waals surface area contributed by atoms with Crippen molar-refractivity contribution in [3.63, 3.8) is 0 Å². The van der Waals surface area contributed by atoms with Crippen molar-refractivity contribution >= 4 is 23.4 Å². The summed E-state index contributed by atoms with van der Waals surface area (Å²) in [5.41, 5.74) is 2.51. The van der Waals surface area contributed by atoms with Gasteiger partial charge in [0.1, 0.15) is 5.82 Å². The number of anilines is 3. The molecular formula is C22H27N5O2. The van der Waals surface area contributed by atoms with Gasteiger partial charge < -0.3 is 14.7 Å². The van der Waals surface area contributed by atoms with Crippen molar-refractivity contribution in [3.8, 4) is 0 Å². The second kappa shape index (κ2) is 6.61. The number of nitrogens with one attached hydrogen (secondary N) is 1. The van der Waals surface area contributed by atoms with Crippen LogP contribution in [0.1, 0.15) is 37.3 Å². The summed E-state index contributed by atoms with van der Waals surface area (Å²) < 4.78 is 0. The number of benzene rings is 1. The van der Waals surface area contributed by atoms with Crippen molar-refractivity contribution in [3.05, 3.63) is 45.7 Å². The van der Waals surface area contributed by atoms with E-state index in [-0.39, 0.29) is 11.5 Å². The standard InChI is InChI=1S/C22H27N5O2/c1-3-27-17-9-5-4-8-16(17)22(20(27)29)10-13-26(14-11-22)21-23-18-15(19(28)24-21)7-6-12-25(18)2/h4-5,8-9H,3,6-7,10-14H2,1-2H3,(H,23,24,28). The van der Waals surface area contributed by atoms with Gasteiger partial charge in [-0.05, 0) is 44.2 Å². The van der Waals surface area contributed by atoms with E-state index in [0.29, 0.717) is 25.6 Å². The van der Waals surface area contributed by atoms with Gasteiger partial charge in [-0.25, -0.2) is 0 Å². The second-order valence-corrected chi connectivity index (χ2v) is 8.35. The van der Waals surface area contributed by atoms with Crippen LogP contribution in [-0.4, -0.2) is 49.1 Å². The molecule has 5 rings (SSSR count). The Kier molecular flexibility index (Phi) is 4.15. The largest absolute Gasteiger partial charge is 0.359 e. The summed E-state index contributed by atoms with van der Waals surface area (Å²) in [6.07, 6.45) is 3.23. The van der Waals surface area contributed by atoms with Gasteiger partial charge in [-0.15, -0.1) is 0 Å². The maximum atomic E-state index is 13.3. The molecule has 2 aromatic rings. The zero-order chi connectivity index (χ0) is 20.2. The van der Waals surface area contributed by atoms with E-state index in [4.69, 9.17) is 4.98 Å². The third-order valence-corrected chi connectivity index (χ3v) is 6.86. The number of nitrogens with zero attached hydrogens (tertiary/aromatic N) is 4. The molecule has 1 aromatic carbocycles. The lowest BCUT2D eigenvalue weighted by atomic mass is 9.73. The highest BCUT2D eigenvalue weighted by Gasteiger charge is 2.51. The van der Waals surface area contributed by atoms with E-state index in [9.17, 15) is 9.59 Å². The summed E-state index contributed by atoms with van der Waals surface area (Å²) in [5.74, 6) is 1.64. The quantitative estimate of drug-likeness (QED) is 0.846. The molecule has 1 spiro atoms. The van der Waals surface area contributed by atoms with Crippen LogP contribution in [0.5, 0.6) is 0 Å². The molecule has 0 aliphatic carbocycles. The first-order chi connectivity index (χ1) is 14.0. The highest BCUT2D eigenvalue weighted by atomic mass is 16.2. The Hall–Kier alpha value is -2.83. The van der Waals surface area contributed by atoms with Crippen molar-refractivity contribution in [1.29, 1.82) is 0 Å². The van der Waals surface area contributed by atoms with Gasteiger partial charge in [0.15, 0.2) is 0 Å². The first kappa shape index (κ1) is 18.2. The summed E-state index contributed by atoms with van der Waals surface area (Å²) in [6.45, 7) is 5.03. The first-order valence-corrected chi connectivity index (χ1v) is 10.6. The molecule has 1 amide bonds. The van der Waals surface area contributed by atoms with Gasteiger partial charge in [-0.3, -0.25) is 14.6 Å². The normalized spacial score (nSPS) is 20.2. The molecule has 0 unspecified atom stereocenters. The van der Waals surface area contributed by atoms with Crippen LogP contribution in [0.15, 0.2) is 29.1 Å². The molecule has 0 saturated carbocycles. The summed E-state index contributed by atoms with van der Waals surface area (Å²) >= 11 is 0. The number of piperidine rings is 1. The van der Waals surface area contributed by atoms with Crippen molar-refractivity contribution < 1.29 is 4.79 Å². The first-order valence-electron chi connectivity index (χ1n) is 10.6. The van der Waals surface area contributed by atoms with Crippen LogP contribution in [0.2, 0.25) is 0 Å². The van der Waals surface area contributed by atoms with E-state index in [2.05, 4.69) is 26.9 Å². The van der Waals surface area contributed by atoms with Gasteiger partial charge in [0, 0.05) is 38.9 Å². The minimum atomic E-state index is -0.450. The fraction of sp³-hybridized carbons (Fsp3) is 0.500. The number of hydrogen-bond acceptors (Lipinski definition) is 5. The number of fused-ring (bicyclic) bond motifs is 3. The highest BCUT2D eigenvalue weighted by Crippen LogP contribution is 2.48. The number of H-pyrrole nitrogens is 1. The smallest absolute Gasteiger partial charge is 0.257 e. The zero-order valence-corrected chi connectivity index (χ0v) is 17.1. The van der Waals surface area contributed by atoms with Crippen molar-refractivity contribution in [2.75, 3.05) is 47.9 Å². The molecule has 1 N–H and O–H groups in total. The van der Waals surface area contributed by atoms with Gasteiger partial charge in [-0.1, -0.05) is 18.2 Å². The number of aromatic amines is 1. The second-order valence-electron chi connectivity index (χ2n) is 8.35. The van der Waals surface area contributed by atoms with E-state index >= 15 is 0 Å². The molecule has 1 fully saturated rings. The fourth-order valence-corrected chi connectivity index (χ4v) is 5.26. The molecule has 4 heterocycles. The Balaban J connectivity index is 1.44. The maximum Gasteiger partial charge on any atom is 0.257 e. The Morgan fingerprint density at radius 1 is 1.14 bits per heavy atom. The third-order valence-electron chi connectivity index (χ3n) is 6.86. The van der Waals surface area contributed by atoms with Gasteiger partial charge in [0.2, 0.25) is 11.9 Å². The van der Waals surface area contributed by atoms with Gasteiger partial charge in [0.05, 0.1) is 11.0 Å². The molecule has 152 valence electrons. The molecule has 1 aromatic heterocycles. The number of rotatable bonds is 2. The molecular weight excluding hydrogens is 366 g/mol. The number of carbonyl (C=O) groups is 1. The minimum absolute atomic E-state index is 0.0312. The monoisotopic (exact) mass is 393 g/mol. The van der Waals surface area contributed by atoms with Gasteiger partial charge >= 0.3 is 0 Å². The Morgan fingerprint density at radius 3 is 2.66 bits per heavy atom. The molecule has 0 bridgehead atoms. The molecule has 3 aliphatic rings. The van der Waals surface area contributed by atoms with Crippen molar-refractivity contribution in [2.24, 2.45) is 0 Å². The molecule has 7 heteroatoms. The highest BCUT2D eigenvalue weighted by molar-refractivity contribution is 6.08. The predicted molar refractivity (Wildman–Crippen MR) is 114 cm³/mol. The lowest BCUT2D eigenvalue weighted by molar-refractivity contribution is -0.123. The Labute approximate surface area is 170 Å². The van der Waals surface area contributed by atoms with Crippen LogP contribution in [0, 0.1) is 0 Å². The average Bonchev–Trinajstić information content (AvgIpc) is 2.97. The van der Waals surface area contributed by atoms with E-state index in [1.54, 1.807) is 0 Å². The van der Waals surface area contributed by atoms with Crippen LogP contribution in [0.4, 0.5) is 17.5 Å². The number of hydrogen-bond donors (Lipinski definition) is 1. The summed E-state index contributed by atoms with van der Waals surface area (Å²) in [6, 6.07) is 8.18. The van der Waals surface area contributed by atoms with Crippen LogP contribution < -0.4 is 20.3 Å². The number of amides is 1. The van der Waals surface area contributed by atoms with E-state index in [0.717, 1.165) is 54.9 Å². The molecule has 3 aliphatic heterocycles. The van der Waals surface area contributed by atoms with Crippen LogP contribution in [-0.2, 0) is 16.6 Å². The number of likely N-dealkylation sites (N-methyl/N-ethyl adjacent to an activating group) is 1. The van der Waals surface area contributed by atoms with Crippen LogP contribution in [0.3, 0.4) is 0 Å². The van der Waals surface area contributed by atoms with E-state index < -0.39 is 5.41 Å². The molecule has 29 heavy (non-hydrogen) atoms. The fourth-order valence-electron chi connectivity index (χ4n) is 5.26. The summed E-state index contributed by atoms with van der Waals surface area (Å²) in [4.78, 5) is 39.8. The average molecular weight is 393 g/mol.